The van der Waals surface area contributed by atoms with Crippen LogP contribution in [-0.2, 0) is 6.54 Å². The van der Waals surface area contributed by atoms with Crippen LogP contribution in [0, 0.1) is 17.0 Å². The second-order valence-electron chi connectivity index (χ2n) is 5.43. The Balaban J connectivity index is 2.19. The number of rotatable bonds is 7. The van der Waals surface area contributed by atoms with E-state index in [1.165, 1.54) is 19.2 Å². The molecule has 138 valence electrons. The third-order valence-corrected chi connectivity index (χ3v) is 4.06. The highest BCUT2D eigenvalue weighted by Gasteiger charge is 2.18. The fourth-order valence-electron chi connectivity index (χ4n) is 2.50. The van der Waals surface area contributed by atoms with Crippen LogP contribution in [0.1, 0.15) is 28.4 Å². The molecule has 0 bridgehead atoms. The number of halogens is 1. The quantitative estimate of drug-likeness (QED) is 0.583. The Hall–Kier alpha value is -2.80. The fraction of sp³-hybridized carbons (Fsp3) is 0.278. The lowest BCUT2D eigenvalue weighted by Gasteiger charge is -2.14. The highest BCUT2D eigenvalue weighted by atomic mass is 35.5. The predicted octanol–water partition coefficient (Wildman–Crippen LogP) is 3.89. The summed E-state index contributed by atoms with van der Waals surface area (Å²) in [6.45, 7) is 4.01. The Kier molecular flexibility index (Phi) is 6.41. The summed E-state index contributed by atoms with van der Waals surface area (Å²) >= 11 is 6.21. The molecular formula is C18H19ClN2O5. The molecule has 0 heterocycles. The van der Waals surface area contributed by atoms with Crippen LogP contribution < -0.4 is 14.8 Å². The van der Waals surface area contributed by atoms with Crippen molar-refractivity contribution in [3.63, 3.8) is 0 Å². The van der Waals surface area contributed by atoms with E-state index in [-0.39, 0.29) is 17.8 Å². The van der Waals surface area contributed by atoms with E-state index in [2.05, 4.69) is 5.32 Å². The molecular weight excluding hydrogens is 360 g/mol. The molecule has 1 amide bonds. The summed E-state index contributed by atoms with van der Waals surface area (Å²) in [5.41, 5.74) is 1.19. The van der Waals surface area contributed by atoms with Crippen molar-refractivity contribution < 1.29 is 19.2 Å². The van der Waals surface area contributed by atoms with Gasteiger partial charge in [-0.3, -0.25) is 14.9 Å². The van der Waals surface area contributed by atoms with Crippen molar-refractivity contribution in [2.75, 3.05) is 13.7 Å². The number of amides is 1. The lowest BCUT2D eigenvalue weighted by atomic mass is 10.1. The first-order valence-corrected chi connectivity index (χ1v) is 8.28. The van der Waals surface area contributed by atoms with Gasteiger partial charge in [-0.2, -0.15) is 0 Å². The minimum atomic E-state index is -0.511. The average Bonchev–Trinajstić information content (AvgIpc) is 2.61. The van der Waals surface area contributed by atoms with Crippen LogP contribution in [0.15, 0.2) is 30.3 Å². The van der Waals surface area contributed by atoms with Crippen LogP contribution in [0.2, 0.25) is 5.02 Å². The number of carbonyl (C=O) groups excluding carboxylic acids is 1. The van der Waals surface area contributed by atoms with E-state index in [4.69, 9.17) is 21.1 Å². The minimum absolute atomic E-state index is 0.0940. The first-order chi connectivity index (χ1) is 12.4. The normalized spacial score (nSPS) is 10.3. The van der Waals surface area contributed by atoms with E-state index in [9.17, 15) is 14.9 Å². The van der Waals surface area contributed by atoms with Gasteiger partial charge in [0.15, 0.2) is 11.5 Å². The maximum absolute atomic E-state index is 12.4. The largest absolute Gasteiger partial charge is 0.493 e. The van der Waals surface area contributed by atoms with Gasteiger partial charge in [0.1, 0.15) is 0 Å². The van der Waals surface area contributed by atoms with Gasteiger partial charge in [0.05, 0.1) is 23.7 Å². The minimum Gasteiger partial charge on any atom is -0.493 e. The summed E-state index contributed by atoms with van der Waals surface area (Å²) in [4.78, 5) is 22.9. The van der Waals surface area contributed by atoms with Crippen LogP contribution >= 0.6 is 11.6 Å². The molecule has 2 aromatic carbocycles. The van der Waals surface area contributed by atoms with Crippen molar-refractivity contribution in [1.29, 1.82) is 0 Å². The maximum atomic E-state index is 12.4. The van der Waals surface area contributed by atoms with Gasteiger partial charge in [-0.15, -0.1) is 0 Å². The summed E-state index contributed by atoms with van der Waals surface area (Å²) in [5.74, 6) is 0.506. The Morgan fingerprint density at radius 2 is 2.08 bits per heavy atom. The van der Waals surface area contributed by atoms with Gasteiger partial charge in [-0.25, -0.2) is 0 Å². The van der Waals surface area contributed by atoms with E-state index >= 15 is 0 Å². The molecule has 0 radical (unpaired) electrons. The molecule has 2 aromatic rings. The van der Waals surface area contributed by atoms with Crippen LogP contribution in [0.25, 0.3) is 0 Å². The van der Waals surface area contributed by atoms with Crippen LogP contribution in [0.3, 0.4) is 0 Å². The number of benzene rings is 2. The van der Waals surface area contributed by atoms with Gasteiger partial charge in [0.2, 0.25) is 0 Å². The molecule has 0 atom stereocenters. The first kappa shape index (κ1) is 19.5. The summed E-state index contributed by atoms with van der Waals surface area (Å²) in [6.07, 6.45) is 0. The smallest absolute Gasteiger partial charge is 0.273 e. The second kappa shape index (κ2) is 8.53. The van der Waals surface area contributed by atoms with Crippen LogP contribution in [0.4, 0.5) is 5.69 Å². The molecule has 0 aromatic heterocycles. The van der Waals surface area contributed by atoms with E-state index < -0.39 is 10.8 Å². The molecule has 0 unspecified atom stereocenters. The zero-order valence-corrected chi connectivity index (χ0v) is 15.4. The van der Waals surface area contributed by atoms with Gasteiger partial charge in [0.25, 0.3) is 11.6 Å². The summed E-state index contributed by atoms with van der Waals surface area (Å²) in [6, 6.07) is 7.79. The third-order valence-electron chi connectivity index (χ3n) is 3.78. The van der Waals surface area contributed by atoms with Crippen molar-refractivity contribution in [1.82, 2.24) is 5.32 Å². The predicted molar refractivity (Wildman–Crippen MR) is 98.2 cm³/mol. The highest BCUT2D eigenvalue weighted by Crippen LogP contribution is 2.36. The molecule has 0 aliphatic rings. The number of nitrogens with one attached hydrogen (secondary N) is 1. The topological polar surface area (TPSA) is 90.7 Å². The van der Waals surface area contributed by atoms with Gasteiger partial charge >= 0.3 is 0 Å². The summed E-state index contributed by atoms with van der Waals surface area (Å²) in [7, 11) is 1.50. The lowest BCUT2D eigenvalue weighted by molar-refractivity contribution is -0.385. The second-order valence-corrected chi connectivity index (χ2v) is 5.84. The zero-order chi connectivity index (χ0) is 19.3. The molecule has 0 aliphatic heterocycles. The summed E-state index contributed by atoms with van der Waals surface area (Å²) in [5, 5.41) is 14.1. The SMILES string of the molecule is CCOc1c(Cl)cc(CNC(=O)c2cccc([N+](=O)[O-])c2C)cc1OC. The highest BCUT2D eigenvalue weighted by molar-refractivity contribution is 6.32. The fourth-order valence-corrected chi connectivity index (χ4v) is 2.79. The number of nitrogens with zero attached hydrogens (tertiary/aromatic N) is 1. The number of nitro groups is 1. The third kappa shape index (κ3) is 4.23. The van der Waals surface area contributed by atoms with Crippen LogP contribution in [-0.4, -0.2) is 24.5 Å². The molecule has 0 fully saturated rings. The average molecular weight is 379 g/mol. The Morgan fingerprint density at radius 1 is 1.35 bits per heavy atom. The first-order valence-electron chi connectivity index (χ1n) is 7.90. The molecule has 2 rings (SSSR count). The van der Waals surface area contributed by atoms with Gasteiger partial charge in [0, 0.05) is 23.7 Å². The van der Waals surface area contributed by atoms with E-state index in [1.54, 1.807) is 25.1 Å². The van der Waals surface area contributed by atoms with Crippen molar-refractivity contribution in [3.8, 4) is 11.5 Å². The van der Waals surface area contributed by atoms with Gasteiger partial charge in [-0.05, 0) is 37.6 Å². The summed E-state index contributed by atoms with van der Waals surface area (Å²) < 4.78 is 10.7. The van der Waals surface area contributed by atoms with Gasteiger partial charge in [-0.1, -0.05) is 17.7 Å². The number of carbonyl (C=O) groups is 1. The van der Waals surface area contributed by atoms with E-state index in [0.717, 1.165) is 0 Å². The molecule has 7 nitrogen and oxygen atoms in total. The molecule has 8 heteroatoms. The lowest BCUT2D eigenvalue weighted by Crippen LogP contribution is -2.24. The van der Waals surface area contributed by atoms with Crippen LogP contribution in [0.5, 0.6) is 11.5 Å². The molecule has 0 spiro atoms. The number of nitro benzene ring substituents is 1. The van der Waals surface area contributed by atoms with Crippen molar-refractivity contribution in [3.05, 3.63) is 62.2 Å². The molecule has 26 heavy (non-hydrogen) atoms. The Bertz CT molecular complexity index is 839. The molecule has 0 aliphatic carbocycles. The number of ether oxygens (including phenoxy) is 2. The maximum Gasteiger partial charge on any atom is 0.273 e. The number of hydrogen-bond donors (Lipinski definition) is 1. The van der Waals surface area contributed by atoms with E-state index in [0.29, 0.717) is 34.3 Å². The standard InChI is InChI=1S/C18H19ClN2O5/c1-4-26-17-14(19)8-12(9-16(17)25-3)10-20-18(22)13-6-5-7-15(11(13)2)21(23)24/h5-9H,4,10H2,1-3H3,(H,20,22). The molecule has 1 N–H and O–H groups in total. The molecule has 0 saturated carbocycles. The van der Waals surface area contributed by atoms with Crippen molar-refractivity contribution >= 4 is 23.2 Å². The number of methoxy groups -OCH3 is 1. The van der Waals surface area contributed by atoms with Crippen molar-refractivity contribution in [2.24, 2.45) is 0 Å². The van der Waals surface area contributed by atoms with E-state index in [1.807, 2.05) is 6.92 Å². The van der Waals surface area contributed by atoms with Gasteiger partial charge < -0.3 is 14.8 Å². The monoisotopic (exact) mass is 378 g/mol. The number of hydrogen-bond acceptors (Lipinski definition) is 5. The zero-order valence-electron chi connectivity index (χ0n) is 14.7. The molecule has 0 saturated heterocycles. The van der Waals surface area contributed by atoms with Crippen molar-refractivity contribution in [2.45, 2.75) is 20.4 Å². The Morgan fingerprint density at radius 3 is 2.69 bits per heavy atom. The Labute approximate surface area is 156 Å².